The first-order chi connectivity index (χ1) is 17.1. The van der Waals surface area contributed by atoms with Crippen molar-refractivity contribution in [3.05, 3.63) is 39.9 Å². The van der Waals surface area contributed by atoms with Crippen molar-refractivity contribution in [2.24, 2.45) is 30.7 Å². The smallest absolute Gasteiger partial charge is 0.353 e. The summed E-state index contributed by atoms with van der Waals surface area (Å²) in [4.78, 5) is 30.5. The molecule has 2 aromatic heterocycles. The second-order valence-electron chi connectivity index (χ2n) is 10.8. The van der Waals surface area contributed by atoms with Crippen LogP contribution in [0, 0.1) is 30.6 Å². The van der Waals surface area contributed by atoms with E-state index in [9.17, 15) is 35.9 Å². The molecule has 2 saturated carbocycles. The highest BCUT2D eigenvalue weighted by Crippen LogP contribution is 2.48. The summed E-state index contributed by atoms with van der Waals surface area (Å²) < 4.78 is 81.7. The van der Waals surface area contributed by atoms with Crippen LogP contribution in [-0.4, -0.2) is 33.9 Å². The van der Waals surface area contributed by atoms with Crippen molar-refractivity contribution < 1.29 is 31.1 Å². The zero-order valence-electron chi connectivity index (χ0n) is 20.9. The van der Waals surface area contributed by atoms with Crippen molar-refractivity contribution in [1.29, 1.82) is 0 Å². The number of hydrogen-bond acceptors (Lipinski definition) is 3. The predicted molar refractivity (Wildman–Crippen MR) is 126 cm³/mol. The quantitative estimate of drug-likeness (QED) is 0.511. The van der Waals surface area contributed by atoms with Crippen LogP contribution in [0.5, 0.6) is 0 Å². The Morgan fingerprint density at radius 3 is 2.22 bits per heavy atom. The lowest BCUT2D eigenvalue weighted by Gasteiger charge is -2.38. The molecule has 0 saturated heterocycles. The lowest BCUT2D eigenvalue weighted by molar-refractivity contribution is -0.227. The van der Waals surface area contributed by atoms with Crippen LogP contribution in [0.2, 0.25) is 0 Å². The number of rotatable bonds is 3. The Morgan fingerprint density at radius 1 is 1.00 bits per heavy atom. The van der Waals surface area contributed by atoms with Gasteiger partial charge in [-0.3, -0.25) is 14.6 Å². The molecule has 4 rings (SSSR count). The van der Waals surface area contributed by atoms with Gasteiger partial charge in [0, 0.05) is 41.8 Å². The lowest BCUT2D eigenvalue weighted by Crippen LogP contribution is -2.47. The molecule has 0 aliphatic heterocycles. The molecule has 5 atom stereocenters. The maximum Gasteiger partial charge on any atom is 0.391 e. The van der Waals surface area contributed by atoms with Crippen molar-refractivity contribution in [1.82, 2.24) is 14.9 Å². The largest absolute Gasteiger partial charge is 0.391 e. The highest BCUT2D eigenvalue weighted by atomic mass is 19.4. The number of carbonyl (C=O) groups is 1. The number of nitrogens with one attached hydrogen (secondary N) is 1. The average molecular weight is 532 g/mol. The summed E-state index contributed by atoms with van der Waals surface area (Å²) in [5.41, 5.74) is 1.91. The minimum atomic E-state index is -4.79. The first-order valence-corrected chi connectivity index (χ1v) is 12.5. The number of alkyl halides is 6. The standard InChI is InChI=1S/C26H31F6N3O2/c1-13-4-5-19(11-20(13)21-9-16-12-33-14(2)6-22(16)35(3)24(21)37)34-23(36)15-7-17(25(27,28)29)10-18(8-15)26(30,31)32/h6,9,12-13,15,17-20H,4-5,7-8,10-11H2,1-3H3,(H,34,36). The molecular weight excluding hydrogens is 500 g/mol. The van der Waals surface area contributed by atoms with Gasteiger partial charge >= 0.3 is 12.4 Å². The molecule has 0 radical (unpaired) electrons. The van der Waals surface area contributed by atoms with Crippen molar-refractivity contribution in [3.63, 3.8) is 0 Å². The zero-order valence-corrected chi connectivity index (χ0v) is 20.9. The van der Waals surface area contributed by atoms with Gasteiger partial charge in [0.15, 0.2) is 0 Å². The Bertz CT molecular complexity index is 1200. The Kier molecular flexibility index (Phi) is 7.38. The van der Waals surface area contributed by atoms with Gasteiger partial charge in [-0.25, -0.2) is 0 Å². The van der Waals surface area contributed by atoms with E-state index in [1.807, 2.05) is 19.9 Å². The molecule has 1 amide bonds. The molecule has 37 heavy (non-hydrogen) atoms. The molecule has 2 aliphatic rings. The van der Waals surface area contributed by atoms with Crippen LogP contribution in [0.1, 0.15) is 62.6 Å². The SMILES string of the molecule is Cc1cc2c(cn1)cc(C1CC(NC(=O)C3CC(C(F)(F)F)CC(C(F)(F)F)C3)CCC1C)c(=O)n2C. The third-order valence-electron chi connectivity index (χ3n) is 8.22. The molecule has 204 valence electrons. The maximum atomic E-state index is 13.3. The molecule has 2 fully saturated rings. The summed E-state index contributed by atoms with van der Waals surface area (Å²) in [5, 5.41) is 3.53. The number of aryl methyl sites for hydroxylation is 2. The molecular formula is C26H31F6N3O2. The fraction of sp³-hybridized carbons (Fsp3) is 0.654. The van der Waals surface area contributed by atoms with E-state index in [0.29, 0.717) is 24.8 Å². The number of hydrogen-bond donors (Lipinski definition) is 1. The van der Waals surface area contributed by atoms with Gasteiger partial charge in [-0.2, -0.15) is 26.3 Å². The Hall–Kier alpha value is -2.59. The van der Waals surface area contributed by atoms with Crippen LogP contribution in [0.4, 0.5) is 26.3 Å². The van der Waals surface area contributed by atoms with Crippen LogP contribution in [0.3, 0.4) is 0 Å². The second kappa shape index (κ2) is 9.94. The first-order valence-electron chi connectivity index (χ1n) is 12.5. The summed E-state index contributed by atoms with van der Waals surface area (Å²) in [6, 6.07) is 3.18. The molecule has 0 spiro atoms. The van der Waals surface area contributed by atoms with E-state index in [1.165, 1.54) is 0 Å². The maximum absolute atomic E-state index is 13.3. The van der Waals surface area contributed by atoms with E-state index in [2.05, 4.69) is 10.3 Å². The third kappa shape index (κ3) is 5.80. The molecule has 2 heterocycles. The Labute approximate surface area is 210 Å². The van der Waals surface area contributed by atoms with Crippen LogP contribution >= 0.6 is 0 Å². The molecule has 11 heteroatoms. The molecule has 2 aliphatic carbocycles. The van der Waals surface area contributed by atoms with Gasteiger partial charge in [0.1, 0.15) is 0 Å². The highest BCUT2D eigenvalue weighted by molar-refractivity contribution is 5.80. The van der Waals surface area contributed by atoms with E-state index in [-0.39, 0.29) is 17.4 Å². The molecule has 5 nitrogen and oxygen atoms in total. The van der Waals surface area contributed by atoms with Gasteiger partial charge in [-0.05, 0) is 69.4 Å². The van der Waals surface area contributed by atoms with E-state index >= 15 is 0 Å². The first kappa shape index (κ1) is 27.4. The van der Waals surface area contributed by atoms with Crippen LogP contribution < -0.4 is 10.9 Å². The van der Waals surface area contributed by atoms with Gasteiger partial charge in [0.25, 0.3) is 5.56 Å². The molecule has 2 aromatic rings. The van der Waals surface area contributed by atoms with E-state index in [0.717, 1.165) is 16.6 Å². The lowest BCUT2D eigenvalue weighted by atomic mass is 9.73. The van der Waals surface area contributed by atoms with E-state index < -0.39 is 61.3 Å². The minimum absolute atomic E-state index is 0.107. The highest BCUT2D eigenvalue weighted by Gasteiger charge is 2.53. The number of nitrogens with zero attached hydrogens (tertiary/aromatic N) is 2. The van der Waals surface area contributed by atoms with Crippen molar-refractivity contribution in [2.75, 3.05) is 0 Å². The average Bonchev–Trinajstić information content (AvgIpc) is 2.81. The fourth-order valence-corrected chi connectivity index (χ4v) is 6.03. The Morgan fingerprint density at radius 2 is 1.62 bits per heavy atom. The number of fused-ring (bicyclic) bond motifs is 1. The number of halogens is 6. The van der Waals surface area contributed by atoms with E-state index in [4.69, 9.17) is 0 Å². The van der Waals surface area contributed by atoms with Crippen LogP contribution in [0.15, 0.2) is 23.1 Å². The molecule has 0 aromatic carbocycles. The normalized spacial score (nSPS) is 29.3. The topological polar surface area (TPSA) is 64.0 Å². The summed E-state index contributed by atoms with van der Waals surface area (Å²) >= 11 is 0. The number of amides is 1. The van der Waals surface area contributed by atoms with Crippen molar-refractivity contribution >= 4 is 16.8 Å². The monoisotopic (exact) mass is 531 g/mol. The number of pyridine rings is 2. The third-order valence-corrected chi connectivity index (χ3v) is 8.22. The van der Waals surface area contributed by atoms with Gasteiger partial charge in [-0.15, -0.1) is 0 Å². The predicted octanol–water partition coefficient (Wildman–Crippen LogP) is 5.79. The minimum Gasteiger partial charge on any atom is -0.353 e. The summed E-state index contributed by atoms with van der Waals surface area (Å²) in [5.74, 6) is -6.59. The fourth-order valence-electron chi connectivity index (χ4n) is 6.03. The van der Waals surface area contributed by atoms with Crippen LogP contribution in [0.25, 0.3) is 10.9 Å². The van der Waals surface area contributed by atoms with Gasteiger partial charge in [0.05, 0.1) is 17.4 Å². The zero-order chi connectivity index (χ0) is 27.3. The van der Waals surface area contributed by atoms with E-state index in [1.54, 1.807) is 23.9 Å². The number of carbonyl (C=O) groups excluding carboxylic acids is 1. The summed E-state index contributed by atoms with van der Waals surface area (Å²) in [7, 11) is 1.68. The molecule has 5 unspecified atom stereocenters. The van der Waals surface area contributed by atoms with Crippen molar-refractivity contribution in [2.45, 2.75) is 76.7 Å². The van der Waals surface area contributed by atoms with Gasteiger partial charge < -0.3 is 9.88 Å². The molecule has 1 N–H and O–H groups in total. The van der Waals surface area contributed by atoms with Crippen LogP contribution in [-0.2, 0) is 11.8 Å². The van der Waals surface area contributed by atoms with Gasteiger partial charge in [0.2, 0.25) is 5.91 Å². The summed E-state index contributed by atoms with van der Waals surface area (Å²) in [6.45, 7) is 3.83. The van der Waals surface area contributed by atoms with Gasteiger partial charge in [-0.1, -0.05) is 6.92 Å². The Balaban J connectivity index is 1.53. The molecule has 0 bridgehead atoms. The second-order valence-corrected chi connectivity index (χ2v) is 10.8. The summed E-state index contributed by atoms with van der Waals surface area (Å²) in [6.07, 6.45) is -8.66. The number of aromatic nitrogens is 2. The van der Waals surface area contributed by atoms with Crippen molar-refractivity contribution in [3.8, 4) is 0 Å².